The van der Waals surface area contributed by atoms with E-state index in [1.54, 1.807) is 29.1 Å². The number of fused-ring (bicyclic) bond motifs is 1. The molecule has 3 rings (SSSR count). The second-order valence-corrected chi connectivity index (χ2v) is 6.69. The van der Waals surface area contributed by atoms with Crippen molar-refractivity contribution in [2.45, 2.75) is 13.0 Å². The lowest BCUT2D eigenvalue weighted by Gasteiger charge is -2.17. The van der Waals surface area contributed by atoms with Crippen molar-refractivity contribution in [2.24, 2.45) is 0 Å². The summed E-state index contributed by atoms with van der Waals surface area (Å²) >= 11 is 0. The van der Waals surface area contributed by atoms with E-state index in [0.29, 0.717) is 30.9 Å². The summed E-state index contributed by atoms with van der Waals surface area (Å²) in [6.07, 6.45) is 1.88. The van der Waals surface area contributed by atoms with Gasteiger partial charge >= 0.3 is 0 Å². The van der Waals surface area contributed by atoms with Gasteiger partial charge in [-0.15, -0.1) is 0 Å². The smallest absolute Gasteiger partial charge is 0.236 e. The number of nitrogens with zero attached hydrogens (tertiary/aromatic N) is 3. The summed E-state index contributed by atoms with van der Waals surface area (Å²) in [5, 5.41) is 4.05. The topological polar surface area (TPSA) is 55.2 Å². The first-order valence-corrected chi connectivity index (χ1v) is 7.94. The van der Waals surface area contributed by atoms with E-state index in [1.807, 2.05) is 0 Å². The van der Waals surface area contributed by atoms with Gasteiger partial charge in [-0.3, -0.25) is 4.31 Å². The van der Waals surface area contributed by atoms with Crippen LogP contribution in [0.1, 0.15) is 5.56 Å². The Kier molecular flexibility index (Phi) is 3.21. The number of rotatable bonds is 4. The van der Waals surface area contributed by atoms with Crippen LogP contribution < -0.4 is 4.31 Å². The number of hydrogen-bond acceptors (Lipinski definition) is 3. The van der Waals surface area contributed by atoms with Crippen molar-refractivity contribution in [1.82, 2.24) is 9.78 Å². The average molecular weight is 295 g/mol. The van der Waals surface area contributed by atoms with Crippen LogP contribution in [0.5, 0.6) is 0 Å². The van der Waals surface area contributed by atoms with Gasteiger partial charge in [0.05, 0.1) is 25.0 Å². The van der Waals surface area contributed by atoms with Crippen molar-refractivity contribution >= 4 is 15.8 Å². The van der Waals surface area contributed by atoms with Crippen LogP contribution >= 0.6 is 0 Å². The van der Waals surface area contributed by atoms with Crippen LogP contribution in [0.2, 0.25) is 0 Å². The fourth-order valence-electron chi connectivity index (χ4n) is 2.34. The molecule has 0 unspecified atom stereocenters. The average Bonchev–Trinajstić information content (AvgIpc) is 2.98. The molecule has 2 heterocycles. The first kappa shape index (κ1) is 13.1. The van der Waals surface area contributed by atoms with E-state index in [9.17, 15) is 12.8 Å². The highest BCUT2D eigenvalue weighted by atomic mass is 32.2. The maximum atomic E-state index is 13.1. The van der Waals surface area contributed by atoms with Crippen LogP contribution in [0.15, 0.2) is 36.5 Å². The standard InChI is InChI=1S/C13H14FN3O2S/c14-12-3-1-2-11(10-12)5-9-20(18,19)17-8-7-16-13(17)4-6-15-16/h1-4,6,10H,5,7-9H2. The summed E-state index contributed by atoms with van der Waals surface area (Å²) in [5.41, 5.74) is 0.682. The minimum absolute atomic E-state index is 0.0400. The van der Waals surface area contributed by atoms with Gasteiger partial charge in [0.25, 0.3) is 0 Å². The van der Waals surface area contributed by atoms with E-state index in [1.165, 1.54) is 16.4 Å². The maximum Gasteiger partial charge on any atom is 0.236 e. The van der Waals surface area contributed by atoms with Gasteiger partial charge in [0.2, 0.25) is 10.0 Å². The second kappa shape index (κ2) is 4.90. The van der Waals surface area contributed by atoms with Crippen molar-refractivity contribution in [3.63, 3.8) is 0 Å². The van der Waals surface area contributed by atoms with Crippen LogP contribution in [0.3, 0.4) is 0 Å². The minimum Gasteiger partial charge on any atom is -0.252 e. The summed E-state index contributed by atoms with van der Waals surface area (Å²) in [7, 11) is -3.40. The number of aryl methyl sites for hydroxylation is 1. The van der Waals surface area contributed by atoms with Gasteiger partial charge in [-0.25, -0.2) is 17.5 Å². The van der Waals surface area contributed by atoms with Crippen LogP contribution in [0, 0.1) is 5.82 Å². The molecule has 7 heteroatoms. The molecular formula is C13H14FN3O2S. The van der Waals surface area contributed by atoms with Gasteiger partial charge in [-0.05, 0) is 24.1 Å². The highest BCUT2D eigenvalue weighted by Gasteiger charge is 2.29. The third kappa shape index (κ3) is 2.40. The van der Waals surface area contributed by atoms with E-state index in [-0.39, 0.29) is 11.6 Å². The Morgan fingerprint density at radius 3 is 2.90 bits per heavy atom. The largest absolute Gasteiger partial charge is 0.252 e. The summed E-state index contributed by atoms with van der Waals surface area (Å²) in [6, 6.07) is 7.71. The third-order valence-corrected chi connectivity index (χ3v) is 5.10. The number of anilines is 1. The van der Waals surface area contributed by atoms with Crippen LogP contribution in [0.4, 0.5) is 10.2 Å². The zero-order valence-corrected chi connectivity index (χ0v) is 11.6. The molecule has 1 aromatic carbocycles. The van der Waals surface area contributed by atoms with Gasteiger partial charge in [0, 0.05) is 6.07 Å². The van der Waals surface area contributed by atoms with Crippen LogP contribution in [-0.2, 0) is 23.0 Å². The van der Waals surface area contributed by atoms with Gasteiger partial charge in [0.15, 0.2) is 0 Å². The first-order valence-electron chi connectivity index (χ1n) is 6.33. The molecule has 1 aliphatic rings. The van der Waals surface area contributed by atoms with Crippen LogP contribution in [0.25, 0.3) is 0 Å². The molecule has 20 heavy (non-hydrogen) atoms. The zero-order valence-electron chi connectivity index (χ0n) is 10.7. The minimum atomic E-state index is -3.40. The molecule has 0 N–H and O–H groups in total. The van der Waals surface area contributed by atoms with E-state index in [2.05, 4.69) is 5.10 Å². The molecule has 0 spiro atoms. The first-order chi connectivity index (χ1) is 9.56. The Hall–Kier alpha value is -1.89. The molecule has 1 aliphatic heterocycles. The molecule has 0 radical (unpaired) electrons. The molecule has 1 aromatic heterocycles. The fraction of sp³-hybridized carbons (Fsp3) is 0.308. The molecular weight excluding hydrogens is 281 g/mol. The summed E-state index contributed by atoms with van der Waals surface area (Å²) in [4.78, 5) is 0. The molecule has 0 saturated heterocycles. The van der Waals surface area contributed by atoms with Crippen molar-refractivity contribution in [3.05, 3.63) is 47.9 Å². The monoisotopic (exact) mass is 295 g/mol. The molecule has 0 amide bonds. The third-order valence-electron chi connectivity index (χ3n) is 3.34. The quantitative estimate of drug-likeness (QED) is 0.857. The predicted molar refractivity (Wildman–Crippen MR) is 73.5 cm³/mol. The Morgan fingerprint density at radius 2 is 2.10 bits per heavy atom. The lowest BCUT2D eigenvalue weighted by atomic mass is 10.2. The summed E-state index contributed by atoms with van der Waals surface area (Å²) in [5.74, 6) is 0.213. The Bertz CT molecular complexity index is 727. The highest BCUT2D eigenvalue weighted by Crippen LogP contribution is 2.23. The van der Waals surface area contributed by atoms with E-state index in [0.717, 1.165) is 0 Å². The molecule has 2 aromatic rings. The van der Waals surface area contributed by atoms with Crippen molar-refractivity contribution < 1.29 is 12.8 Å². The van der Waals surface area contributed by atoms with Crippen LogP contribution in [-0.4, -0.2) is 30.5 Å². The van der Waals surface area contributed by atoms with Crippen molar-refractivity contribution in [1.29, 1.82) is 0 Å². The number of hydrogen-bond donors (Lipinski definition) is 0. The van der Waals surface area contributed by atoms with Gasteiger partial charge < -0.3 is 0 Å². The van der Waals surface area contributed by atoms with Gasteiger partial charge in [-0.1, -0.05) is 12.1 Å². The molecule has 5 nitrogen and oxygen atoms in total. The summed E-state index contributed by atoms with van der Waals surface area (Å²) < 4.78 is 40.8. The van der Waals surface area contributed by atoms with Crippen molar-refractivity contribution in [2.75, 3.05) is 16.6 Å². The number of aromatic nitrogens is 2. The Labute approximate surface area is 116 Å². The fourth-order valence-corrected chi connectivity index (χ4v) is 3.85. The SMILES string of the molecule is O=S(=O)(CCc1cccc(F)c1)N1CCn2nccc21. The molecule has 0 aliphatic carbocycles. The lowest BCUT2D eigenvalue weighted by molar-refractivity contribution is 0.590. The molecule has 0 atom stereocenters. The summed E-state index contributed by atoms with van der Waals surface area (Å²) in [6.45, 7) is 0.982. The molecule has 106 valence electrons. The van der Waals surface area contributed by atoms with Gasteiger partial charge in [-0.2, -0.15) is 5.10 Å². The van der Waals surface area contributed by atoms with E-state index in [4.69, 9.17) is 0 Å². The predicted octanol–water partition coefficient (Wildman–Crippen LogP) is 1.41. The molecule has 0 bridgehead atoms. The number of sulfonamides is 1. The number of benzene rings is 1. The van der Waals surface area contributed by atoms with Crippen molar-refractivity contribution in [3.8, 4) is 0 Å². The number of halogens is 1. The Balaban J connectivity index is 1.74. The second-order valence-electron chi connectivity index (χ2n) is 4.68. The maximum absolute atomic E-state index is 13.1. The van der Waals surface area contributed by atoms with E-state index >= 15 is 0 Å². The van der Waals surface area contributed by atoms with E-state index < -0.39 is 10.0 Å². The molecule has 0 fully saturated rings. The highest BCUT2D eigenvalue weighted by molar-refractivity contribution is 7.92. The Morgan fingerprint density at radius 1 is 1.25 bits per heavy atom. The normalized spacial score (nSPS) is 14.6. The lowest BCUT2D eigenvalue weighted by Crippen LogP contribution is -2.32. The molecule has 0 saturated carbocycles. The zero-order chi connectivity index (χ0) is 14.2. The van der Waals surface area contributed by atoms with Gasteiger partial charge in [0.1, 0.15) is 11.6 Å².